The molecule has 2 heterocycles. The third-order valence-electron chi connectivity index (χ3n) is 6.98. The molecule has 0 unspecified atom stereocenters. The van der Waals surface area contributed by atoms with Gasteiger partial charge in [-0.1, -0.05) is 127 Å². The zero-order valence-electron chi connectivity index (χ0n) is 20.8. The Hall–Kier alpha value is -5.15. The Balaban J connectivity index is 1.64. The fourth-order valence-electron chi connectivity index (χ4n) is 5.27. The summed E-state index contributed by atoms with van der Waals surface area (Å²) in [5.41, 5.74) is 9.68. The van der Waals surface area contributed by atoms with Gasteiger partial charge in [-0.3, -0.25) is 4.57 Å². The van der Waals surface area contributed by atoms with Gasteiger partial charge in [0.1, 0.15) is 5.82 Å². The van der Waals surface area contributed by atoms with E-state index in [4.69, 9.17) is 4.98 Å². The summed E-state index contributed by atoms with van der Waals surface area (Å²) >= 11 is 0. The third kappa shape index (κ3) is 3.73. The predicted octanol–water partition coefficient (Wildman–Crippen LogP) is 9.02. The number of para-hydroxylation sites is 2. The molecule has 38 heavy (non-hydrogen) atoms. The summed E-state index contributed by atoms with van der Waals surface area (Å²) in [7, 11) is 0. The molecule has 7 rings (SSSR count). The molecule has 5 aromatic carbocycles. The summed E-state index contributed by atoms with van der Waals surface area (Å²) in [4.78, 5) is 9.17. The van der Waals surface area contributed by atoms with Gasteiger partial charge >= 0.3 is 0 Å². The van der Waals surface area contributed by atoms with Gasteiger partial charge < -0.3 is 4.98 Å². The highest BCUT2D eigenvalue weighted by molar-refractivity contribution is 6.03. The van der Waals surface area contributed by atoms with Crippen molar-refractivity contribution in [2.75, 3.05) is 0 Å². The second-order valence-electron chi connectivity index (χ2n) is 9.32. The molecule has 0 amide bonds. The molecule has 0 aliphatic rings. The number of fused-ring (bicyclic) bond motifs is 1. The van der Waals surface area contributed by atoms with Crippen LogP contribution in [-0.4, -0.2) is 14.5 Å². The van der Waals surface area contributed by atoms with Crippen LogP contribution in [-0.2, 0) is 0 Å². The van der Waals surface area contributed by atoms with Crippen LogP contribution in [0.4, 0.5) is 0 Å². The van der Waals surface area contributed by atoms with Crippen LogP contribution in [0, 0.1) is 0 Å². The van der Waals surface area contributed by atoms with Gasteiger partial charge in [-0.15, -0.1) is 0 Å². The lowest BCUT2D eigenvalue weighted by atomic mass is 10.0. The van der Waals surface area contributed by atoms with E-state index in [9.17, 15) is 0 Å². The van der Waals surface area contributed by atoms with E-state index in [1.54, 1.807) is 0 Å². The van der Waals surface area contributed by atoms with Gasteiger partial charge in [-0.05, 0) is 23.8 Å². The molecule has 1 N–H and O–H groups in total. The quantitative estimate of drug-likeness (QED) is 0.258. The van der Waals surface area contributed by atoms with Crippen molar-refractivity contribution in [3.8, 4) is 50.8 Å². The highest BCUT2D eigenvalue weighted by atomic mass is 15.1. The second-order valence-corrected chi connectivity index (χ2v) is 9.32. The van der Waals surface area contributed by atoms with E-state index in [2.05, 4.69) is 149 Å². The maximum atomic E-state index is 5.45. The zero-order chi connectivity index (χ0) is 25.3. The number of nitrogens with one attached hydrogen (secondary N) is 1. The number of benzene rings is 5. The number of aromatic nitrogens is 3. The largest absolute Gasteiger partial charge is 0.354 e. The van der Waals surface area contributed by atoms with Crippen molar-refractivity contribution in [1.82, 2.24) is 14.5 Å². The number of nitrogens with zero attached hydrogens (tertiary/aromatic N) is 2. The van der Waals surface area contributed by atoms with Crippen LogP contribution in [0.5, 0.6) is 0 Å². The maximum Gasteiger partial charge on any atom is 0.148 e. The van der Waals surface area contributed by atoms with Gasteiger partial charge in [0.05, 0.1) is 22.6 Å². The lowest BCUT2D eigenvalue weighted by Crippen LogP contribution is -2.00. The molecule has 0 aliphatic heterocycles. The molecule has 0 saturated heterocycles. The minimum absolute atomic E-state index is 0.908. The fourth-order valence-corrected chi connectivity index (χ4v) is 5.27. The first-order valence-corrected chi connectivity index (χ1v) is 12.8. The number of rotatable bonds is 5. The molecule has 2 aromatic heterocycles. The molecule has 0 spiro atoms. The normalized spacial score (nSPS) is 11.2. The van der Waals surface area contributed by atoms with E-state index >= 15 is 0 Å². The summed E-state index contributed by atoms with van der Waals surface area (Å²) in [6.45, 7) is 0. The summed E-state index contributed by atoms with van der Waals surface area (Å²) in [5, 5.41) is 1.15. The van der Waals surface area contributed by atoms with Crippen LogP contribution in [0.25, 0.3) is 61.8 Å². The smallest absolute Gasteiger partial charge is 0.148 e. The molecule has 180 valence electrons. The molecule has 3 nitrogen and oxygen atoms in total. The Labute approximate surface area is 221 Å². The lowest BCUT2D eigenvalue weighted by molar-refractivity contribution is 1.08. The molecule has 0 atom stereocenters. The summed E-state index contributed by atoms with van der Waals surface area (Å²) < 4.78 is 2.32. The monoisotopic (exact) mass is 487 g/mol. The first-order chi connectivity index (χ1) is 18.9. The molecule has 7 aromatic rings. The summed E-state index contributed by atoms with van der Waals surface area (Å²) in [6, 6.07) is 50.6. The number of imidazole rings is 1. The first kappa shape index (κ1) is 22.1. The standard InChI is InChI=1S/C35H25N3/c1-5-15-25(16-6-1)32-31(29-23-13-14-24-30(29)36-32)35-37-33(26-17-7-2-8-18-26)34(27-19-9-3-10-20-27)38(35)28-21-11-4-12-22-28/h1-24,36H. The van der Waals surface area contributed by atoms with Crippen molar-refractivity contribution in [3.05, 3.63) is 146 Å². The minimum atomic E-state index is 0.908. The predicted molar refractivity (Wildman–Crippen MR) is 157 cm³/mol. The molecule has 0 bridgehead atoms. The number of hydrogen-bond acceptors (Lipinski definition) is 1. The molecule has 0 radical (unpaired) electrons. The number of hydrogen-bond donors (Lipinski definition) is 1. The van der Waals surface area contributed by atoms with Crippen LogP contribution in [0.2, 0.25) is 0 Å². The van der Waals surface area contributed by atoms with Crippen LogP contribution in [0.3, 0.4) is 0 Å². The lowest BCUT2D eigenvalue weighted by Gasteiger charge is -2.14. The Morgan fingerprint density at radius 3 is 1.68 bits per heavy atom. The molecule has 3 heteroatoms. The van der Waals surface area contributed by atoms with Crippen LogP contribution >= 0.6 is 0 Å². The van der Waals surface area contributed by atoms with E-state index in [0.717, 1.165) is 61.8 Å². The van der Waals surface area contributed by atoms with Gasteiger partial charge in [0, 0.05) is 27.7 Å². The molecular weight excluding hydrogens is 462 g/mol. The van der Waals surface area contributed by atoms with E-state index in [0.29, 0.717) is 0 Å². The molecular formula is C35H25N3. The van der Waals surface area contributed by atoms with Crippen molar-refractivity contribution in [2.24, 2.45) is 0 Å². The Morgan fingerprint density at radius 2 is 1.03 bits per heavy atom. The third-order valence-corrected chi connectivity index (χ3v) is 6.98. The number of aromatic amines is 1. The second kappa shape index (κ2) is 9.38. The summed E-state index contributed by atoms with van der Waals surface area (Å²) in [6.07, 6.45) is 0. The average molecular weight is 488 g/mol. The molecule has 0 saturated carbocycles. The highest BCUT2D eigenvalue weighted by Gasteiger charge is 2.26. The average Bonchev–Trinajstić information content (AvgIpc) is 3.58. The van der Waals surface area contributed by atoms with E-state index < -0.39 is 0 Å². The van der Waals surface area contributed by atoms with Gasteiger partial charge in [0.25, 0.3) is 0 Å². The van der Waals surface area contributed by atoms with Crippen molar-refractivity contribution >= 4 is 10.9 Å². The van der Waals surface area contributed by atoms with Crippen molar-refractivity contribution in [1.29, 1.82) is 0 Å². The van der Waals surface area contributed by atoms with Crippen molar-refractivity contribution in [2.45, 2.75) is 0 Å². The molecule has 0 aliphatic carbocycles. The Bertz CT molecular complexity index is 1830. The van der Waals surface area contributed by atoms with E-state index in [-0.39, 0.29) is 0 Å². The van der Waals surface area contributed by atoms with Gasteiger partial charge in [-0.25, -0.2) is 4.98 Å². The fraction of sp³-hybridized carbons (Fsp3) is 0. The first-order valence-electron chi connectivity index (χ1n) is 12.8. The van der Waals surface area contributed by atoms with Crippen molar-refractivity contribution < 1.29 is 0 Å². The van der Waals surface area contributed by atoms with E-state index in [1.165, 1.54) is 0 Å². The summed E-state index contributed by atoms with van der Waals surface area (Å²) in [5.74, 6) is 0.908. The molecule has 0 fully saturated rings. The van der Waals surface area contributed by atoms with Crippen LogP contribution < -0.4 is 0 Å². The minimum Gasteiger partial charge on any atom is -0.354 e. The van der Waals surface area contributed by atoms with Gasteiger partial charge in [0.2, 0.25) is 0 Å². The Morgan fingerprint density at radius 1 is 0.500 bits per heavy atom. The van der Waals surface area contributed by atoms with Gasteiger partial charge in [0.15, 0.2) is 0 Å². The van der Waals surface area contributed by atoms with Crippen LogP contribution in [0.15, 0.2) is 146 Å². The zero-order valence-corrected chi connectivity index (χ0v) is 20.8. The Kier molecular flexibility index (Phi) is 5.45. The topological polar surface area (TPSA) is 33.6 Å². The number of H-pyrrole nitrogens is 1. The van der Waals surface area contributed by atoms with Crippen LogP contribution in [0.1, 0.15) is 0 Å². The SMILES string of the molecule is c1ccc(-c2nc(-c3c(-c4ccccc4)[nH]c4ccccc34)n(-c3ccccc3)c2-c2ccccc2)cc1. The van der Waals surface area contributed by atoms with E-state index in [1.807, 2.05) is 6.07 Å². The highest BCUT2D eigenvalue weighted by Crippen LogP contribution is 2.43. The maximum absolute atomic E-state index is 5.45. The van der Waals surface area contributed by atoms with Gasteiger partial charge in [-0.2, -0.15) is 0 Å². The van der Waals surface area contributed by atoms with Crippen molar-refractivity contribution in [3.63, 3.8) is 0 Å².